The number of rotatable bonds is 4. The maximum atomic E-state index is 4.64. The number of hydrogen-bond acceptors (Lipinski definition) is 3. The van der Waals surface area contributed by atoms with Crippen molar-refractivity contribution in [2.75, 3.05) is 0 Å². The first-order valence-electron chi connectivity index (χ1n) is 7.21. The first-order valence-corrected chi connectivity index (χ1v) is 7.21. The van der Waals surface area contributed by atoms with E-state index in [0.717, 1.165) is 30.6 Å². The van der Waals surface area contributed by atoms with E-state index < -0.39 is 0 Å². The molecule has 0 atom stereocenters. The van der Waals surface area contributed by atoms with E-state index in [-0.39, 0.29) is 0 Å². The van der Waals surface area contributed by atoms with E-state index in [1.165, 1.54) is 19.3 Å². The molecular weight excluding hydrogens is 240 g/mol. The van der Waals surface area contributed by atoms with Crippen molar-refractivity contribution in [2.24, 2.45) is 4.99 Å². The molecule has 0 radical (unpaired) electrons. The van der Waals surface area contributed by atoms with Gasteiger partial charge in [-0.2, -0.15) is 0 Å². The van der Waals surface area contributed by atoms with Gasteiger partial charge in [-0.05, 0) is 33.1 Å². The Kier molecular flexibility index (Phi) is 3.40. The summed E-state index contributed by atoms with van der Waals surface area (Å²) in [5, 5.41) is 15.2. The molecule has 1 aromatic rings. The van der Waals surface area contributed by atoms with Gasteiger partial charge in [-0.1, -0.05) is 0 Å². The van der Waals surface area contributed by atoms with Crippen LogP contribution in [0.5, 0.6) is 0 Å². The fourth-order valence-electron chi connectivity index (χ4n) is 2.30. The van der Waals surface area contributed by atoms with Gasteiger partial charge in [0.25, 0.3) is 0 Å². The Bertz CT molecular complexity index is 465. The molecule has 0 aromatic carbocycles. The van der Waals surface area contributed by atoms with Gasteiger partial charge < -0.3 is 15.2 Å². The standard InChI is InChI=1S/C13H22N6/c1-9(2)15-13(16-10-5-6-10)14-8-12-18-17-11-4-3-7-19(11)12/h9-10H,3-8H2,1-2H3,(H2,14,15,16). The van der Waals surface area contributed by atoms with E-state index in [0.29, 0.717) is 18.6 Å². The van der Waals surface area contributed by atoms with Gasteiger partial charge in [0.1, 0.15) is 12.4 Å². The smallest absolute Gasteiger partial charge is 0.192 e. The molecule has 1 aliphatic heterocycles. The molecule has 0 bridgehead atoms. The second kappa shape index (κ2) is 5.19. The van der Waals surface area contributed by atoms with Crippen molar-refractivity contribution >= 4 is 5.96 Å². The van der Waals surface area contributed by atoms with Crippen LogP contribution in [0.15, 0.2) is 4.99 Å². The number of fused-ring (bicyclic) bond motifs is 1. The lowest BCUT2D eigenvalue weighted by atomic mass is 10.4. The summed E-state index contributed by atoms with van der Waals surface area (Å²) < 4.78 is 2.20. The quantitative estimate of drug-likeness (QED) is 0.623. The zero-order valence-electron chi connectivity index (χ0n) is 11.7. The lowest BCUT2D eigenvalue weighted by Gasteiger charge is -2.14. The lowest BCUT2D eigenvalue weighted by Crippen LogP contribution is -2.42. The largest absolute Gasteiger partial charge is 0.354 e. The molecule has 1 saturated carbocycles. The first kappa shape index (κ1) is 12.4. The average molecular weight is 262 g/mol. The molecular formula is C13H22N6. The van der Waals surface area contributed by atoms with Crippen LogP contribution in [0.1, 0.15) is 44.8 Å². The van der Waals surface area contributed by atoms with Crippen LogP contribution >= 0.6 is 0 Å². The van der Waals surface area contributed by atoms with Crippen LogP contribution in [0.3, 0.4) is 0 Å². The summed E-state index contributed by atoms with van der Waals surface area (Å²) in [7, 11) is 0. The molecule has 2 N–H and O–H groups in total. The Morgan fingerprint density at radius 2 is 2.26 bits per heavy atom. The van der Waals surface area contributed by atoms with Crippen LogP contribution in [0.2, 0.25) is 0 Å². The minimum Gasteiger partial charge on any atom is -0.354 e. The molecule has 6 nitrogen and oxygen atoms in total. The summed E-state index contributed by atoms with van der Waals surface area (Å²) >= 11 is 0. The number of hydrogen-bond donors (Lipinski definition) is 2. The van der Waals surface area contributed by atoms with Gasteiger partial charge in [0.05, 0.1) is 0 Å². The Morgan fingerprint density at radius 3 is 3.00 bits per heavy atom. The van der Waals surface area contributed by atoms with Crippen molar-refractivity contribution in [3.8, 4) is 0 Å². The van der Waals surface area contributed by atoms with Crippen molar-refractivity contribution in [3.63, 3.8) is 0 Å². The molecule has 1 fully saturated rings. The van der Waals surface area contributed by atoms with Crippen molar-refractivity contribution in [1.29, 1.82) is 0 Å². The second-order valence-corrected chi connectivity index (χ2v) is 5.67. The highest BCUT2D eigenvalue weighted by atomic mass is 15.3. The maximum Gasteiger partial charge on any atom is 0.192 e. The highest BCUT2D eigenvalue weighted by Gasteiger charge is 2.23. The molecule has 1 aliphatic carbocycles. The fraction of sp³-hybridized carbons (Fsp3) is 0.769. The topological polar surface area (TPSA) is 67.1 Å². The number of nitrogens with one attached hydrogen (secondary N) is 2. The Balaban J connectivity index is 1.66. The summed E-state index contributed by atoms with van der Waals surface area (Å²) in [4.78, 5) is 4.64. The maximum absolute atomic E-state index is 4.64. The molecule has 6 heteroatoms. The van der Waals surface area contributed by atoms with Gasteiger partial charge in [-0.15, -0.1) is 10.2 Å². The minimum absolute atomic E-state index is 0.383. The number of aromatic nitrogens is 3. The molecule has 0 amide bonds. The van der Waals surface area contributed by atoms with Crippen LogP contribution in [-0.4, -0.2) is 32.8 Å². The van der Waals surface area contributed by atoms with Crippen LogP contribution < -0.4 is 10.6 Å². The van der Waals surface area contributed by atoms with Crippen molar-refractivity contribution in [2.45, 2.75) is 64.7 Å². The molecule has 0 spiro atoms. The predicted octanol–water partition coefficient (Wildman–Crippen LogP) is 0.830. The lowest BCUT2D eigenvalue weighted by molar-refractivity contribution is 0.670. The third-order valence-electron chi connectivity index (χ3n) is 3.41. The zero-order chi connectivity index (χ0) is 13.2. The van der Waals surface area contributed by atoms with E-state index in [2.05, 4.69) is 44.2 Å². The summed E-state index contributed by atoms with van der Waals surface area (Å²) in [6, 6.07) is 0.989. The number of aryl methyl sites for hydroxylation is 1. The molecule has 2 aliphatic rings. The van der Waals surface area contributed by atoms with Gasteiger partial charge in [-0.25, -0.2) is 4.99 Å². The molecule has 1 aromatic heterocycles. The second-order valence-electron chi connectivity index (χ2n) is 5.67. The third kappa shape index (κ3) is 3.05. The van der Waals surface area contributed by atoms with Crippen LogP contribution in [0.25, 0.3) is 0 Å². The first-order chi connectivity index (χ1) is 9.22. The molecule has 0 saturated heterocycles. The van der Waals surface area contributed by atoms with Crippen molar-refractivity contribution in [1.82, 2.24) is 25.4 Å². The average Bonchev–Trinajstić information content (AvgIpc) is 2.89. The van der Waals surface area contributed by atoms with Crippen molar-refractivity contribution in [3.05, 3.63) is 11.6 Å². The summed E-state index contributed by atoms with van der Waals surface area (Å²) in [5.41, 5.74) is 0. The predicted molar refractivity (Wildman–Crippen MR) is 73.9 cm³/mol. The molecule has 3 rings (SSSR count). The van der Waals surface area contributed by atoms with Crippen molar-refractivity contribution < 1.29 is 0 Å². The highest BCUT2D eigenvalue weighted by Crippen LogP contribution is 2.18. The van der Waals surface area contributed by atoms with Crippen LogP contribution in [-0.2, 0) is 19.5 Å². The molecule has 104 valence electrons. The Morgan fingerprint density at radius 1 is 1.42 bits per heavy atom. The number of guanidine groups is 1. The van der Waals surface area contributed by atoms with E-state index >= 15 is 0 Å². The molecule has 0 unspecified atom stereocenters. The Labute approximate surface area is 113 Å². The van der Waals surface area contributed by atoms with Crippen LogP contribution in [0, 0.1) is 0 Å². The Hall–Kier alpha value is -1.59. The van der Waals surface area contributed by atoms with Gasteiger partial charge in [-0.3, -0.25) is 0 Å². The van der Waals surface area contributed by atoms with E-state index in [1.54, 1.807) is 0 Å². The number of aliphatic imine (C=N–C) groups is 1. The van der Waals surface area contributed by atoms with E-state index in [1.807, 2.05) is 0 Å². The highest BCUT2D eigenvalue weighted by molar-refractivity contribution is 5.80. The van der Waals surface area contributed by atoms with E-state index in [9.17, 15) is 0 Å². The SMILES string of the molecule is CC(C)NC(=NCc1nnc2n1CCC2)NC1CC1. The number of nitrogens with zero attached hydrogens (tertiary/aromatic N) is 4. The molecule has 19 heavy (non-hydrogen) atoms. The zero-order valence-corrected chi connectivity index (χ0v) is 11.7. The van der Waals surface area contributed by atoms with E-state index in [4.69, 9.17) is 0 Å². The normalized spacial score (nSPS) is 18.8. The van der Waals surface area contributed by atoms with Crippen LogP contribution in [0.4, 0.5) is 0 Å². The molecule has 2 heterocycles. The van der Waals surface area contributed by atoms with Gasteiger partial charge in [0, 0.05) is 25.0 Å². The monoisotopic (exact) mass is 262 g/mol. The fourth-order valence-corrected chi connectivity index (χ4v) is 2.30. The summed E-state index contributed by atoms with van der Waals surface area (Å²) in [6.07, 6.45) is 4.73. The third-order valence-corrected chi connectivity index (χ3v) is 3.41. The van der Waals surface area contributed by atoms with Gasteiger partial charge >= 0.3 is 0 Å². The van der Waals surface area contributed by atoms with Gasteiger partial charge in [0.15, 0.2) is 11.8 Å². The summed E-state index contributed by atoms with van der Waals surface area (Å²) in [5.74, 6) is 2.99. The van der Waals surface area contributed by atoms with Gasteiger partial charge in [0.2, 0.25) is 0 Å². The minimum atomic E-state index is 0.383. The summed E-state index contributed by atoms with van der Waals surface area (Å²) in [6.45, 7) is 5.88.